The first kappa shape index (κ1) is 40.0. The van der Waals surface area contributed by atoms with Crippen molar-refractivity contribution in [3.05, 3.63) is 137 Å². The molecule has 4 aromatic carbocycles. The summed E-state index contributed by atoms with van der Waals surface area (Å²) in [6.45, 7) is 4.37. The lowest BCUT2D eigenvalue weighted by Gasteiger charge is -2.23. The lowest BCUT2D eigenvalue weighted by atomic mass is 10.0. The summed E-state index contributed by atoms with van der Waals surface area (Å²) >= 11 is 0. The molecule has 0 spiro atoms. The number of alkyl carbamates (subject to hydrolysis) is 1. The summed E-state index contributed by atoms with van der Waals surface area (Å²) in [5.41, 5.74) is 16.1. The van der Waals surface area contributed by atoms with Crippen molar-refractivity contribution in [1.29, 1.82) is 0 Å². The van der Waals surface area contributed by atoms with Crippen LogP contribution in [0, 0.1) is 5.82 Å². The Kier molecular flexibility index (Phi) is 14.8. The number of nitrogens with zero attached hydrogens (tertiary/aromatic N) is 2. The van der Waals surface area contributed by atoms with Crippen molar-refractivity contribution in [2.75, 3.05) is 18.4 Å². The number of ether oxygens (including phenoxy) is 1. The van der Waals surface area contributed by atoms with Gasteiger partial charge in [0.1, 0.15) is 24.5 Å². The Morgan fingerprint density at radius 2 is 1.55 bits per heavy atom. The molecule has 0 saturated heterocycles. The summed E-state index contributed by atoms with van der Waals surface area (Å²) in [5, 5.41) is 13.0. The number of carbonyl (C=O) groups is 3. The summed E-state index contributed by atoms with van der Waals surface area (Å²) in [4.78, 5) is 44.8. The van der Waals surface area contributed by atoms with Crippen LogP contribution < -0.4 is 32.7 Å². The van der Waals surface area contributed by atoms with Crippen molar-refractivity contribution in [1.82, 2.24) is 20.5 Å². The third-order valence-corrected chi connectivity index (χ3v) is 8.92. The van der Waals surface area contributed by atoms with Gasteiger partial charge < -0.3 is 42.0 Å². The van der Waals surface area contributed by atoms with Crippen LogP contribution in [0.4, 0.5) is 14.9 Å². The Balaban J connectivity index is 1.35. The lowest BCUT2D eigenvalue weighted by molar-refractivity contribution is -0.128. The predicted octanol–water partition coefficient (Wildman–Crippen LogP) is 5.34. The van der Waals surface area contributed by atoms with E-state index >= 15 is 0 Å². The summed E-state index contributed by atoms with van der Waals surface area (Å²) in [7, 11) is 0. The van der Waals surface area contributed by atoms with E-state index in [4.69, 9.17) is 16.2 Å². The summed E-state index contributed by atoms with van der Waals surface area (Å²) in [6.07, 6.45) is 3.03. The highest BCUT2D eigenvalue weighted by atomic mass is 19.1. The molecule has 0 aliphatic rings. The standard InChI is InChI=1S/C42H49FN8O4/c1-2-21-46-25-32-27-51(26-30-15-17-33(43)18-16-30)38-20-19-34(24-35(32)38)48-40(53)37(23-29-10-5-3-6-11-29)49-39(52)36(14-9-22-47-41(44)45)50-42(54)55-28-31-12-7-4-8-13-31/h3-8,10-13,15-20,24,27,36-37,46H,2,9,14,21-23,25-26,28H2,1H3,(H,48,53)(H,49,52)(H,50,54)(H4,44,45,47)/t36-,37-/m1/s1. The maximum Gasteiger partial charge on any atom is 0.408 e. The summed E-state index contributed by atoms with van der Waals surface area (Å²) < 4.78 is 21.1. The van der Waals surface area contributed by atoms with E-state index in [1.165, 1.54) is 12.1 Å². The van der Waals surface area contributed by atoms with Crippen molar-refractivity contribution in [3.8, 4) is 0 Å². The molecule has 0 fully saturated rings. The van der Waals surface area contributed by atoms with Gasteiger partial charge in [0.05, 0.1) is 0 Å². The number of aromatic nitrogens is 1. The highest BCUT2D eigenvalue weighted by molar-refractivity contribution is 6.00. The molecular weight excluding hydrogens is 700 g/mol. The maximum absolute atomic E-state index is 14.1. The SMILES string of the molecule is CCCNCc1cn(Cc2ccc(F)cc2)c2ccc(NC(=O)[C@@H](Cc3ccccc3)NC(=O)[C@@H](CCCN=C(N)N)NC(=O)OCc3ccccc3)cc12. The number of rotatable bonds is 19. The fraction of sp³-hybridized carbons (Fsp3) is 0.286. The number of fused-ring (bicyclic) bond motifs is 1. The van der Waals surface area contributed by atoms with Gasteiger partial charge in [0, 0.05) is 48.8 Å². The van der Waals surface area contributed by atoms with Crippen LogP contribution >= 0.6 is 0 Å². The molecule has 288 valence electrons. The maximum atomic E-state index is 14.1. The molecule has 13 heteroatoms. The average molecular weight is 749 g/mol. The average Bonchev–Trinajstić information content (AvgIpc) is 3.52. The topological polar surface area (TPSA) is 178 Å². The van der Waals surface area contributed by atoms with Crippen molar-refractivity contribution >= 4 is 40.5 Å². The van der Waals surface area contributed by atoms with Gasteiger partial charge in [0.15, 0.2) is 5.96 Å². The Morgan fingerprint density at radius 3 is 2.24 bits per heavy atom. The molecule has 5 aromatic rings. The second kappa shape index (κ2) is 20.3. The number of aliphatic imine (C=N–C) groups is 1. The van der Waals surface area contributed by atoms with E-state index in [1.54, 1.807) is 12.1 Å². The summed E-state index contributed by atoms with van der Waals surface area (Å²) in [5.74, 6) is -1.36. The van der Waals surface area contributed by atoms with Crippen LogP contribution in [0.3, 0.4) is 0 Å². The number of hydrogen-bond donors (Lipinski definition) is 6. The van der Waals surface area contributed by atoms with Gasteiger partial charge in [-0.25, -0.2) is 9.18 Å². The van der Waals surface area contributed by atoms with Crippen LogP contribution in [0.2, 0.25) is 0 Å². The molecule has 0 aliphatic heterocycles. The molecule has 55 heavy (non-hydrogen) atoms. The monoisotopic (exact) mass is 748 g/mol. The second-order valence-corrected chi connectivity index (χ2v) is 13.3. The van der Waals surface area contributed by atoms with E-state index in [0.717, 1.165) is 46.1 Å². The smallest absolute Gasteiger partial charge is 0.408 e. The van der Waals surface area contributed by atoms with E-state index in [1.807, 2.05) is 78.9 Å². The molecule has 12 nitrogen and oxygen atoms in total. The largest absolute Gasteiger partial charge is 0.445 e. The van der Waals surface area contributed by atoms with Crippen LogP contribution in [0.5, 0.6) is 0 Å². The fourth-order valence-electron chi connectivity index (χ4n) is 6.15. The Morgan fingerprint density at radius 1 is 0.836 bits per heavy atom. The normalized spacial score (nSPS) is 12.0. The first-order valence-corrected chi connectivity index (χ1v) is 18.4. The van der Waals surface area contributed by atoms with E-state index in [0.29, 0.717) is 25.2 Å². The van der Waals surface area contributed by atoms with E-state index < -0.39 is 30.0 Å². The molecular formula is C42H49FN8O4. The van der Waals surface area contributed by atoms with E-state index in [9.17, 15) is 18.8 Å². The molecule has 0 bridgehead atoms. The van der Waals surface area contributed by atoms with Gasteiger partial charge in [0.25, 0.3) is 0 Å². The number of hydrogen-bond acceptors (Lipinski definition) is 6. The molecule has 2 atom stereocenters. The minimum atomic E-state index is -1.04. The van der Waals surface area contributed by atoms with Crippen molar-refractivity contribution in [3.63, 3.8) is 0 Å². The van der Waals surface area contributed by atoms with Gasteiger partial charge in [-0.2, -0.15) is 0 Å². The minimum Gasteiger partial charge on any atom is -0.445 e. The zero-order valence-corrected chi connectivity index (χ0v) is 31.0. The first-order valence-electron chi connectivity index (χ1n) is 18.4. The Hall–Kier alpha value is -6.21. The Bertz CT molecular complexity index is 2030. The number of nitrogens with two attached hydrogens (primary N) is 2. The zero-order valence-electron chi connectivity index (χ0n) is 31.0. The third kappa shape index (κ3) is 12.4. The van der Waals surface area contributed by atoms with Crippen molar-refractivity contribution < 1.29 is 23.5 Å². The van der Waals surface area contributed by atoms with Crippen LogP contribution in [0.15, 0.2) is 114 Å². The molecule has 0 aliphatic carbocycles. The van der Waals surface area contributed by atoms with Gasteiger partial charge in [0.2, 0.25) is 11.8 Å². The number of amides is 3. The van der Waals surface area contributed by atoms with Crippen molar-refractivity contribution in [2.24, 2.45) is 16.5 Å². The summed E-state index contributed by atoms with van der Waals surface area (Å²) in [6, 6.07) is 28.6. The predicted molar refractivity (Wildman–Crippen MR) is 214 cm³/mol. The zero-order chi connectivity index (χ0) is 39.0. The molecule has 1 heterocycles. The third-order valence-electron chi connectivity index (χ3n) is 8.92. The van der Waals surface area contributed by atoms with Crippen LogP contribution in [0.1, 0.15) is 48.4 Å². The minimum absolute atomic E-state index is 0.0183. The van der Waals surface area contributed by atoms with Gasteiger partial charge in [-0.3, -0.25) is 14.6 Å². The number of benzene rings is 4. The number of nitrogens with one attached hydrogen (secondary N) is 4. The number of carbonyl (C=O) groups excluding carboxylic acids is 3. The highest BCUT2D eigenvalue weighted by Gasteiger charge is 2.28. The van der Waals surface area contributed by atoms with Crippen LogP contribution in [-0.4, -0.2) is 53.6 Å². The molecule has 5 rings (SSSR count). The number of guanidine groups is 1. The molecule has 0 unspecified atom stereocenters. The van der Waals surface area contributed by atoms with Gasteiger partial charge >= 0.3 is 6.09 Å². The lowest BCUT2D eigenvalue weighted by Crippen LogP contribution is -2.53. The number of anilines is 1. The molecule has 0 saturated carbocycles. The molecule has 0 radical (unpaired) electrons. The quantitative estimate of drug-likeness (QED) is 0.0375. The van der Waals surface area contributed by atoms with Gasteiger partial charge in [-0.05, 0) is 78.4 Å². The molecule has 1 aromatic heterocycles. The first-order chi connectivity index (χ1) is 26.7. The van der Waals surface area contributed by atoms with Crippen LogP contribution in [0.25, 0.3) is 10.9 Å². The van der Waals surface area contributed by atoms with Crippen molar-refractivity contribution in [2.45, 2.75) is 64.4 Å². The Labute approximate surface area is 320 Å². The second-order valence-electron chi connectivity index (χ2n) is 13.3. The fourth-order valence-corrected chi connectivity index (χ4v) is 6.15. The van der Waals surface area contributed by atoms with E-state index in [2.05, 4.69) is 43.9 Å². The molecule has 8 N–H and O–H groups in total. The van der Waals surface area contributed by atoms with Gasteiger partial charge in [-0.1, -0.05) is 79.7 Å². The highest BCUT2D eigenvalue weighted by Crippen LogP contribution is 2.27. The van der Waals surface area contributed by atoms with E-state index in [-0.39, 0.29) is 37.8 Å². The van der Waals surface area contributed by atoms with Crippen LogP contribution in [-0.2, 0) is 40.4 Å². The number of halogens is 1. The van der Waals surface area contributed by atoms with Gasteiger partial charge in [-0.15, -0.1) is 0 Å². The molecule has 3 amide bonds.